The molecule has 1 aromatic carbocycles. The first kappa shape index (κ1) is 13.2. The molecule has 0 unspecified atom stereocenters. The molecular weight excluding hydrogens is 334 g/mol. The highest BCUT2D eigenvalue weighted by Crippen LogP contribution is 2.30. The van der Waals surface area contributed by atoms with E-state index in [1.54, 1.807) is 0 Å². The van der Waals surface area contributed by atoms with Gasteiger partial charge in [0.15, 0.2) is 11.5 Å². The monoisotopic (exact) mass is 342 g/mol. The van der Waals surface area contributed by atoms with Crippen LogP contribution in [0.2, 0.25) is 0 Å². The Morgan fingerprint density at radius 3 is 2.75 bits per heavy atom. The van der Waals surface area contributed by atoms with Gasteiger partial charge in [0, 0.05) is 17.3 Å². The van der Waals surface area contributed by atoms with Crippen LogP contribution in [0.5, 0.6) is 0 Å². The lowest BCUT2D eigenvalue weighted by atomic mass is 10.2. The zero-order valence-electron chi connectivity index (χ0n) is 10.2. The van der Waals surface area contributed by atoms with Gasteiger partial charge in [-0.25, -0.2) is 18.3 Å². The molecule has 0 saturated carbocycles. The molecule has 1 aromatic heterocycles. The number of aromatic carboxylic acids is 1. The Balaban J connectivity index is 2.23. The zero-order chi connectivity index (χ0) is 14.4. The maximum atomic E-state index is 13.9. The molecule has 1 N–H and O–H groups in total. The van der Waals surface area contributed by atoms with E-state index in [2.05, 4.69) is 21.0 Å². The van der Waals surface area contributed by atoms with Crippen LogP contribution in [0.25, 0.3) is 5.69 Å². The number of rotatable bonds is 2. The van der Waals surface area contributed by atoms with Crippen molar-refractivity contribution in [1.82, 2.24) is 9.78 Å². The molecule has 0 saturated heterocycles. The summed E-state index contributed by atoms with van der Waals surface area (Å²) in [5, 5.41) is 13.1. The Labute approximate surface area is 121 Å². The van der Waals surface area contributed by atoms with E-state index < -0.39 is 17.6 Å². The lowest BCUT2D eigenvalue weighted by molar-refractivity contribution is 0.0688. The van der Waals surface area contributed by atoms with Crippen molar-refractivity contribution in [1.29, 1.82) is 0 Å². The van der Waals surface area contributed by atoms with E-state index in [1.807, 2.05) is 0 Å². The van der Waals surface area contributed by atoms with Crippen molar-refractivity contribution in [3.05, 3.63) is 45.2 Å². The molecule has 2 aromatic rings. The number of aromatic nitrogens is 2. The molecule has 0 aliphatic heterocycles. The Morgan fingerprint density at radius 2 is 2.05 bits per heavy atom. The second-order valence-electron chi connectivity index (χ2n) is 4.56. The first-order chi connectivity index (χ1) is 9.49. The van der Waals surface area contributed by atoms with E-state index in [9.17, 15) is 13.6 Å². The third kappa shape index (κ3) is 1.93. The fourth-order valence-electron chi connectivity index (χ4n) is 2.48. The molecule has 0 spiro atoms. The van der Waals surface area contributed by atoms with Crippen LogP contribution in [0.15, 0.2) is 16.6 Å². The topological polar surface area (TPSA) is 55.1 Å². The third-order valence-corrected chi connectivity index (χ3v) is 3.96. The van der Waals surface area contributed by atoms with Crippen molar-refractivity contribution >= 4 is 21.9 Å². The number of hydrogen-bond acceptors (Lipinski definition) is 2. The highest BCUT2D eigenvalue weighted by molar-refractivity contribution is 9.10. The molecule has 0 atom stereocenters. The molecule has 0 amide bonds. The summed E-state index contributed by atoms with van der Waals surface area (Å²) >= 11 is 2.99. The summed E-state index contributed by atoms with van der Waals surface area (Å²) in [4.78, 5) is 11.2. The molecule has 3 rings (SSSR count). The number of hydrogen-bond donors (Lipinski definition) is 1. The molecule has 1 aliphatic carbocycles. The smallest absolute Gasteiger partial charge is 0.356 e. The molecule has 0 fully saturated rings. The van der Waals surface area contributed by atoms with Gasteiger partial charge in [0.05, 0.1) is 4.47 Å². The fourth-order valence-corrected chi connectivity index (χ4v) is 2.81. The summed E-state index contributed by atoms with van der Waals surface area (Å²) in [6.07, 6.45) is 2.04. The van der Waals surface area contributed by atoms with E-state index in [4.69, 9.17) is 5.11 Å². The predicted molar refractivity (Wildman–Crippen MR) is 70.2 cm³/mol. The Morgan fingerprint density at radius 1 is 1.30 bits per heavy atom. The minimum atomic E-state index is -1.14. The predicted octanol–water partition coefficient (Wildman–Crippen LogP) is 3.10. The second kappa shape index (κ2) is 4.66. The highest BCUT2D eigenvalue weighted by atomic mass is 79.9. The fraction of sp³-hybridized carbons (Fsp3) is 0.231. The number of fused-ring (bicyclic) bond motifs is 1. The summed E-state index contributed by atoms with van der Waals surface area (Å²) < 4.78 is 28.6. The largest absolute Gasteiger partial charge is 0.476 e. The van der Waals surface area contributed by atoms with Crippen molar-refractivity contribution in [2.24, 2.45) is 0 Å². The molecule has 0 bridgehead atoms. The number of nitrogens with zero attached hydrogens (tertiary/aromatic N) is 2. The van der Waals surface area contributed by atoms with Crippen molar-refractivity contribution in [3.63, 3.8) is 0 Å². The van der Waals surface area contributed by atoms with Crippen LogP contribution >= 0.6 is 15.9 Å². The zero-order valence-corrected chi connectivity index (χ0v) is 11.7. The minimum Gasteiger partial charge on any atom is -0.476 e. The normalized spacial score (nSPS) is 13.6. The summed E-state index contributed by atoms with van der Waals surface area (Å²) in [6, 6.07) is 2.02. The first-order valence-corrected chi connectivity index (χ1v) is 6.77. The summed E-state index contributed by atoms with van der Waals surface area (Å²) in [5.74, 6) is -2.63. The molecule has 0 radical (unpaired) electrons. The number of carboxylic acid groups (broad SMARTS) is 1. The summed E-state index contributed by atoms with van der Waals surface area (Å²) in [7, 11) is 0. The SMILES string of the molecule is O=C(O)c1nn(-c2cc(Br)c(F)cc2F)c2c1CCC2. The molecule has 7 heteroatoms. The van der Waals surface area contributed by atoms with Gasteiger partial charge in [-0.15, -0.1) is 0 Å². The van der Waals surface area contributed by atoms with Crippen molar-refractivity contribution in [3.8, 4) is 5.69 Å². The van der Waals surface area contributed by atoms with Crippen LogP contribution in [0.3, 0.4) is 0 Å². The number of carbonyl (C=O) groups is 1. The van der Waals surface area contributed by atoms with Crippen LogP contribution in [-0.2, 0) is 12.8 Å². The van der Waals surface area contributed by atoms with Gasteiger partial charge in [-0.05, 0) is 41.3 Å². The van der Waals surface area contributed by atoms with Gasteiger partial charge < -0.3 is 5.11 Å². The van der Waals surface area contributed by atoms with Crippen molar-refractivity contribution < 1.29 is 18.7 Å². The van der Waals surface area contributed by atoms with Crippen LogP contribution in [0.4, 0.5) is 8.78 Å². The van der Waals surface area contributed by atoms with E-state index in [1.165, 1.54) is 10.7 Å². The van der Waals surface area contributed by atoms with Crippen LogP contribution in [-0.4, -0.2) is 20.9 Å². The molecular formula is C13H9BrF2N2O2. The maximum absolute atomic E-state index is 13.9. The van der Waals surface area contributed by atoms with E-state index in [-0.39, 0.29) is 15.9 Å². The van der Waals surface area contributed by atoms with Gasteiger partial charge in [0.25, 0.3) is 0 Å². The van der Waals surface area contributed by atoms with E-state index in [0.717, 1.165) is 12.5 Å². The van der Waals surface area contributed by atoms with Gasteiger partial charge in [0.1, 0.15) is 11.5 Å². The lowest BCUT2D eigenvalue weighted by Gasteiger charge is -2.08. The van der Waals surface area contributed by atoms with Gasteiger partial charge in [-0.3, -0.25) is 0 Å². The standard InChI is InChI=1S/C13H9BrF2N2O2/c14-7-4-11(9(16)5-8(7)15)18-10-3-1-2-6(10)12(17-18)13(19)20/h4-5H,1-3H2,(H,19,20). The molecule has 1 aliphatic rings. The van der Waals surface area contributed by atoms with Crippen molar-refractivity contribution in [2.75, 3.05) is 0 Å². The first-order valence-electron chi connectivity index (χ1n) is 5.98. The number of carboxylic acids is 1. The summed E-state index contributed by atoms with van der Waals surface area (Å²) in [5.41, 5.74) is 1.30. The number of benzene rings is 1. The van der Waals surface area contributed by atoms with Gasteiger partial charge >= 0.3 is 5.97 Å². The Kier molecular flexibility index (Phi) is 3.08. The third-order valence-electron chi connectivity index (χ3n) is 3.35. The lowest BCUT2D eigenvalue weighted by Crippen LogP contribution is -2.06. The quantitative estimate of drug-likeness (QED) is 0.853. The Hall–Kier alpha value is -1.76. The summed E-state index contributed by atoms with van der Waals surface area (Å²) in [6.45, 7) is 0. The van der Waals surface area contributed by atoms with Gasteiger partial charge in [-0.1, -0.05) is 0 Å². The molecule has 104 valence electrons. The second-order valence-corrected chi connectivity index (χ2v) is 5.42. The average molecular weight is 343 g/mol. The van der Waals surface area contributed by atoms with E-state index >= 15 is 0 Å². The average Bonchev–Trinajstić information content (AvgIpc) is 2.95. The van der Waals surface area contributed by atoms with Crippen LogP contribution < -0.4 is 0 Å². The number of halogens is 3. The molecule has 20 heavy (non-hydrogen) atoms. The van der Waals surface area contributed by atoms with Crippen LogP contribution in [0, 0.1) is 11.6 Å². The molecule has 1 heterocycles. The molecule has 4 nitrogen and oxygen atoms in total. The Bertz CT molecular complexity index is 728. The maximum Gasteiger partial charge on any atom is 0.356 e. The minimum absolute atomic E-state index is 0.0453. The highest BCUT2D eigenvalue weighted by Gasteiger charge is 2.27. The van der Waals surface area contributed by atoms with Crippen molar-refractivity contribution in [2.45, 2.75) is 19.3 Å². The van der Waals surface area contributed by atoms with Gasteiger partial charge in [0.2, 0.25) is 0 Å². The van der Waals surface area contributed by atoms with E-state index in [0.29, 0.717) is 24.1 Å². The van der Waals surface area contributed by atoms with Crippen LogP contribution in [0.1, 0.15) is 28.2 Å². The van der Waals surface area contributed by atoms with Gasteiger partial charge in [-0.2, -0.15) is 5.10 Å².